The van der Waals surface area contributed by atoms with Crippen LogP contribution in [0.2, 0.25) is 0 Å². The van der Waals surface area contributed by atoms with Gasteiger partial charge in [-0.2, -0.15) is 0 Å². The van der Waals surface area contributed by atoms with Crippen LogP contribution in [0.1, 0.15) is 35.4 Å². The first-order valence-electron chi connectivity index (χ1n) is 7.43. The molecule has 2 aliphatic carbocycles. The van der Waals surface area contributed by atoms with Gasteiger partial charge >= 0.3 is 11.9 Å². The van der Waals surface area contributed by atoms with Gasteiger partial charge in [0.1, 0.15) is 0 Å². The molecule has 0 heterocycles. The summed E-state index contributed by atoms with van der Waals surface area (Å²) in [7, 11) is 0. The fraction of sp³-hybridized carbons (Fsp3) is 0.529. The van der Waals surface area contributed by atoms with Crippen molar-refractivity contribution in [3.05, 3.63) is 34.9 Å². The highest BCUT2D eigenvalue weighted by Crippen LogP contribution is 2.58. The molecular formula is C17H20O4. The zero-order valence-corrected chi connectivity index (χ0v) is 12.2. The zero-order valence-electron chi connectivity index (χ0n) is 12.2. The Kier molecular flexibility index (Phi) is 3.27. The SMILES string of the molecule is Cc1ccc([C@@H]2C[C@H]3C[C@H]2[C@H](C(=O)O)[C@@H]3C(=O)O)cc1C. The van der Waals surface area contributed by atoms with Gasteiger partial charge < -0.3 is 10.2 Å². The lowest BCUT2D eigenvalue weighted by Crippen LogP contribution is -2.37. The summed E-state index contributed by atoms with van der Waals surface area (Å²) in [5.41, 5.74) is 3.60. The number of carboxylic acids is 2. The predicted molar refractivity (Wildman–Crippen MR) is 77.1 cm³/mol. The predicted octanol–water partition coefficient (Wildman–Crippen LogP) is 2.83. The highest BCUT2D eigenvalue weighted by molar-refractivity contribution is 5.82. The summed E-state index contributed by atoms with van der Waals surface area (Å²) in [4.78, 5) is 22.9. The van der Waals surface area contributed by atoms with Crippen molar-refractivity contribution in [2.45, 2.75) is 32.6 Å². The van der Waals surface area contributed by atoms with Crippen LogP contribution in [0.4, 0.5) is 0 Å². The van der Waals surface area contributed by atoms with Crippen LogP contribution in [0.3, 0.4) is 0 Å². The molecule has 2 aliphatic rings. The van der Waals surface area contributed by atoms with E-state index in [0.29, 0.717) is 0 Å². The topological polar surface area (TPSA) is 74.6 Å². The van der Waals surface area contributed by atoms with E-state index in [4.69, 9.17) is 0 Å². The van der Waals surface area contributed by atoms with E-state index in [9.17, 15) is 19.8 Å². The summed E-state index contributed by atoms with van der Waals surface area (Å²) in [6.07, 6.45) is 1.53. The average Bonchev–Trinajstić information content (AvgIpc) is 2.99. The van der Waals surface area contributed by atoms with Gasteiger partial charge in [0.05, 0.1) is 11.8 Å². The molecule has 112 valence electrons. The minimum Gasteiger partial charge on any atom is -0.481 e. The molecular weight excluding hydrogens is 268 g/mol. The first-order chi connectivity index (χ1) is 9.90. The highest BCUT2D eigenvalue weighted by atomic mass is 16.4. The number of benzene rings is 1. The summed E-state index contributed by atoms with van der Waals surface area (Å²) in [6, 6.07) is 6.28. The Bertz CT molecular complexity index is 607. The third-order valence-electron chi connectivity index (χ3n) is 5.53. The molecule has 2 fully saturated rings. The van der Waals surface area contributed by atoms with Crippen molar-refractivity contribution in [1.29, 1.82) is 0 Å². The van der Waals surface area contributed by atoms with E-state index in [-0.39, 0.29) is 17.8 Å². The molecule has 2 saturated carbocycles. The van der Waals surface area contributed by atoms with E-state index in [2.05, 4.69) is 32.0 Å². The maximum atomic E-state index is 11.5. The second-order valence-electron chi connectivity index (χ2n) is 6.57. The van der Waals surface area contributed by atoms with Crippen LogP contribution in [0.5, 0.6) is 0 Å². The largest absolute Gasteiger partial charge is 0.481 e. The first kappa shape index (κ1) is 14.1. The molecule has 0 spiro atoms. The van der Waals surface area contributed by atoms with Gasteiger partial charge in [0.2, 0.25) is 0 Å². The van der Waals surface area contributed by atoms with Crippen LogP contribution >= 0.6 is 0 Å². The van der Waals surface area contributed by atoms with Crippen molar-refractivity contribution < 1.29 is 19.8 Å². The molecule has 0 aliphatic heterocycles. The molecule has 1 aromatic rings. The van der Waals surface area contributed by atoms with Crippen LogP contribution < -0.4 is 0 Å². The quantitative estimate of drug-likeness (QED) is 0.897. The standard InChI is InChI=1S/C17H20O4/c1-8-3-4-10(5-9(8)2)12-6-11-7-13(12)15(17(20)21)14(11)16(18)19/h3-5,11-15H,6-7H2,1-2H3,(H,18,19)(H,20,21)/t11-,12-,13+,14+,15-/m0/s1. The molecule has 0 aromatic heterocycles. The molecule has 3 rings (SSSR count). The van der Waals surface area contributed by atoms with Crippen LogP contribution in [-0.2, 0) is 9.59 Å². The van der Waals surface area contributed by atoms with E-state index >= 15 is 0 Å². The molecule has 4 nitrogen and oxygen atoms in total. The number of carboxylic acid groups (broad SMARTS) is 2. The molecule has 2 bridgehead atoms. The van der Waals surface area contributed by atoms with E-state index < -0.39 is 23.8 Å². The lowest BCUT2D eigenvalue weighted by molar-refractivity contribution is -0.156. The Balaban J connectivity index is 1.93. The Hall–Kier alpha value is -1.84. The van der Waals surface area contributed by atoms with E-state index in [1.165, 1.54) is 16.7 Å². The second-order valence-corrected chi connectivity index (χ2v) is 6.57. The van der Waals surface area contributed by atoms with Gasteiger partial charge in [-0.15, -0.1) is 0 Å². The number of hydrogen-bond donors (Lipinski definition) is 2. The van der Waals surface area contributed by atoms with Gasteiger partial charge in [0, 0.05) is 0 Å². The normalized spacial score (nSPS) is 34.1. The second kappa shape index (κ2) is 4.86. The number of fused-ring (bicyclic) bond motifs is 2. The minimum atomic E-state index is -0.955. The Morgan fingerprint density at radius 2 is 1.67 bits per heavy atom. The fourth-order valence-corrected chi connectivity index (χ4v) is 4.43. The van der Waals surface area contributed by atoms with E-state index in [0.717, 1.165) is 12.8 Å². The Labute approximate surface area is 123 Å². The lowest BCUT2D eigenvalue weighted by atomic mass is 9.71. The third kappa shape index (κ3) is 2.13. The highest BCUT2D eigenvalue weighted by Gasteiger charge is 2.58. The smallest absolute Gasteiger partial charge is 0.307 e. The Morgan fingerprint density at radius 3 is 2.24 bits per heavy atom. The third-order valence-corrected chi connectivity index (χ3v) is 5.53. The molecule has 0 saturated heterocycles. The summed E-state index contributed by atoms with van der Waals surface area (Å²) in [6.45, 7) is 4.11. The number of rotatable bonds is 3. The summed E-state index contributed by atoms with van der Waals surface area (Å²) < 4.78 is 0. The number of aryl methyl sites for hydroxylation is 2. The van der Waals surface area contributed by atoms with Crippen molar-refractivity contribution >= 4 is 11.9 Å². The summed E-state index contributed by atoms with van der Waals surface area (Å²) >= 11 is 0. The Morgan fingerprint density at radius 1 is 1.00 bits per heavy atom. The molecule has 5 atom stereocenters. The molecule has 0 unspecified atom stereocenters. The van der Waals surface area contributed by atoms with Crippen LogP contribution in [0.15, 0.2) is 18.2 Å². The van der Waals surface area contributed by atoms with Gasteiger partial charge in [-0.3, -0.25) is 9.59 Å². The minimum absolute atomic E-state index is 0.000194. The maximum Gasteiger partial charge on any atom is 0.307 e. The number of carbonyl (C=O) groups is 2. The number of hydrogen-bond acceptors (Lipinski definition) is 2. The monoisotopic (exact) mass is 288 g/mol. The van der Waals surface area contributed by atoms with Gasteiger partial charge in [0.25, 0.3) is 0 Å². The van der Waals surface area contributed by atoms with Crippen molar-refractivity contribution in [3.8, 4) is 0 Å². The molecule has 4 heteroatoms. The molecule has 21 heavy (non-hydrogen) atoms. The van der Waals surface area contributed by atoms with Gasteiger partial charge in [0.15, 0.2) is 0 Å². The summed E-state index contributed by atoms with van der Waals surface area (Å²) in [5.74, 6) is -3.22. The van der Waals surface area contributed by atoms with Gasteiger partial charge in [-0.1, -0.05) is 18.2 Å². The zero-order chi connectivity index (χ0) is 15.3. The summed E-state index contributed by atoms with van der Waals surface area (Å²) in [5, 5.41) is 18.8. The maximum absolute atomic E-state index is 11.5. The molecule has 0 radical (unpaired) electrons. The first-order valence-corrected chi connectivity index (χ1v) is 7.43. The number of aliphatic carboxylic acids is 2. The van der Waals surface area contributed by atoms with Gasteiger partial charge in [-0.25, -0.2) is 0 Å². The van der Waals surface area contributed by atoms with Gasteiger partial charge in [-0.05, 0) is 61.1 Å². The van der Waals surface area contributed by atoms with Crippen molar-refractivity contribution in [2.75, 3.05) is 0 Å². The van der Waals surface area contributed by atoms with E-state index in [1.54, 1.807) is 0 Å². The van der Waals surface area contributed by atoms with Crippen LogP contribution in [0.25, 0.3) is 0 Å². The molecule has 1 aromatic carbocycles. The molecule has 0 amide bonds. The fourth-order valence-electron chi connectivity index (χ4n) is 4.43. The van der Waals surface area contributed by atoms with Crippen molar-refractivity contribution in [2.24, 2.45) is 23.7 Å². The van der Waals surface area contributed by atoms with E-state index in [1.807, 2.05) is 0 Å². The van der Waals surface area contributed by atoms with Crippen LogP contribution in [-0.4, -0.2) is 22.2 Å². The van der Waals surface area contributed by atoms with Crippen molar-refractivity contribution in [3.63, 3.8) is 0 Å². The average molecular weight is 288 g/mol. The molecule has 2 N–H and O–H groups in total. The van der Waals surface area contributed by atoms with Crippen LogP contribution in [0, 0.1) is 37.5 Å². The van der Waals surface area contributed by atoms with Crippen molar-refractivity contribution in [1.82, 2.24) is 0 Å². The lowest BCUT2D eigenvalue weighted by Gasteiger charge is -2.31.